The number of benzene rings is 1. The van der Waals surface area contributed by atoms with Crippen LogP contribution >= 0.6 is 0 Å². The molecule has 2 aliphatic rings. The van der Waals surface area contributed by atoms with Gasteiger partial charge in [-0.3, -0.25) is 4.79 Å². The average Bonchev–Trinajstić information content (AvgIpc) is 3.02. The van der Waals surface area contributed by atoms with Crippen LogP contribution < -0.4 is 5.73 Å². The van der Waals surface area contributed by atoms with Crippen molar-refractivity contribution in [3.05, 3.63) is 35.4 Å². The van der Waals surface area contributed by atoms with Crippen LogP contribution in [-0.2, 0) is 4.79 Å². The quantitative estimate of drug-likeness (QED) is 0.884. The first kappa shape index (κ1) is 12.7. The highest BCUT2D eigenvalue weighted by Crippen LogP contribution is 2.39. The third-order valence-corrected chi connectivity index (χ3v) is 4.68. The second-order valence-corrected chi connectivity index (χ2v) is 6.25. The Labute approximate surface area is 114 Å². The summed E-state index contributed by atoms with van der Waals surface area (Å²) in [6.45, 7) is 5.11. The number of carbonyl (C=O) groups is 1. The molecule has 1 saturated heterocycles. The number of amides is 1. The van der Waals surface area contributed by atoms with Gasteiger partial charge >= 0.3 is 0 Å². The Morgan fingerprint density at radius 1 is 1.37 bits per heavy atom. The highest BCUT2D eigenvalue weighted by molar-refractivity contribution is 5.89. The van der Waals surface area contributed by atoms with Gasteiger partial charge in [0.2, 0.25) is 5.91 Å². The van der Waals surface area contributed by atoms with Crippen LogP contribution in [0.15, 0.2) is 24.3 Å². The van der Waals surface area contributed by atoms with E-state index in [2.05, 4.69) is 38.1 Å². The van der Waals surface area contributed by atoms with Gasteiger partial charge in [-0.25, -0.2) is 0 Å². The van der Waals surface area contributed by atoms with Gasteiger partial charge in [-0.05, 0) is 44.2 Å². The fourth-order valence-electron chi connectivity index (χ4n) is 3.22. The molecule has 1 aliphatic carbocycles. The second-order valence-electron chi connectivity index (χ2n) is 6.25. The van der Waals surface area contributed by atoms with Crippen molar-refractivity contribution in [3.8, 4) is 0 Å². The summed E-state index contributed by atoms with van der Waals surface area (Å²) in [5.41, 5.74) is 8.23. The lowest BCUT2D eigenvalue weighted by atomic mass is 9.93. The van der Waals surface area contributed by atoms with Crippen molar-refractivity contribution in [2.24, 2.45) is 5.73 Å². The van der Waals surface area contributed by atoms with Crippen molar-refractivity contribution in [2.45, 2.75) is 50.6 Å². The van der Waals surface area contributed by atoms with E-state index in [1.165, 1.54) is 11.1 Å². The first-order valence-electron chi connectivity index (χ1n) is 7.17. The van der Waals surface area contributed by atoms with E-state index in [0.29, 0.717) is 12.0 Å². The molecular formula is C16H22N2O. The Bertz CT molecular complexity index is 507. The maximum Gasteiger partial charge on any atom is 0.242 e. The van der Waals surface area contributed by atoms with E-state index in [-0.39, 0.29) is 5.91 Å². The molecule has 1 saturated carbocycles. The molecule has 3 rings (SSSR count). The third kappa shape index (κ3) is 2.16. The fraction of sp³-hybridized carbons (Fsp3) is 0.562. The number of nitrogens with two attached hydrogens (primary N) is 1. The van der Waals surface area contributed by atoms with Crippen LogP contribution in [-0.4, -0.2) is 28.9 Å². The first-order chi connectivity index (χ1) is 9.01. The molecule has 1 amide bonds. The minimum atomic E-state index is -0.533. The van der Waals surface area contributed by atoms with Crippen molar-refractivity contribution in [1.29, 1.82) is 0 Å². The lowest BCUT2D eigenvalue weighted by Crippen LogP contribution is -2.47. The highest BCUT2D eigenvalue weighted by atomic mass is 16.2. The Morgan fingerprint density at radius 3 is 2.68 bits per heavy atom. The molecule has 2 N–H and O–H groups in total. The van der Waals surface area contributed by atoms with Gasteiger partial charge in [-0.1, -0.05) is 24.3 Å². The van der Waals surface area contributed by atoms with Crippen LogP contribution in [0.5, 0.6) is 0 Å². The summed E-state index contributed by atoms with van der Waals surface area (Å²) in [7, 11) is 0. The zero-order valence-corrected chi connectivity index (χ0v) is 11.7. The topological polar surface area (TPSA) is 46.3 Å². The van der Waals surface area contributed by atoms with E-state index in [0.717, 1.165) is 25.8 Å². The summed E-state index contributed by atoms with van der Waals surface area (Å²) in [5.74, 6) is 0.624. The number of carbonyl (C=O) groups excluding carboxylic acids is 1. The molecule has 1 heterocycles. The Balaban J connectivity index is 1.78. The van der Waals surface area contributed by atoms with Crippen LogP contribution in [0.3, 0.4) is 0 Å². The van der Waals surface area contributed by atoms with E-state index in [9.17, 15) is 4.79 Å². The van der Waals surface area contributed by atoms with E-state index in [1.807, 2.05) is 4.90 Å². The fourth-order valence-corrected chi connectivity index (χ4v) is 3.22. The third-order valence-electron chi connectivity index (χ3n) is 4.68. The lowest BCUT2D eigenvalue weighted by molar-refractivity contribution is -0.134. The Morgan fingerprint density at radius 2 is 2.05 bits per heavy atom. The van der Waals surface area contributed by atoms with E-state index < -0.39 is 5.54 Å². The molecule has 1 aromatic carbocycles. The van der Waals surface area contributed by atoms with Crippen LogP contribution in [0, 0.1) is 6.92 Å². The summed E-state index contributed by atoms with van der Waals surface area (Å²) in [6.07, 6.45) is 2.75. The van der Waals surface area contributed by atoms with Gasteiger partial charge in [-0.2, -0.15) is 0 Å². The minimum absolute atomic E-state index is 0.163. The first-order valence-corrected chi connectivity index (χ1v) is 7.17. The van der Waals surface area contributed by atoms with Crippen LogP contribution in [0.1, 0.15) is 43.2 Å². The highest BCUT2D eigenvalue weighted by Gasteiger charge is 2.50. The molecule has 1 aromatic rings. The predicted octanol–water partition coefficient (Wildman–Crippen LogP) is 2.19. The zero-order chi connectivity index (χ0) is 13.6. The monoisotopic (exact) mass is 258 g/mol. The summed E-state index contributed by atoms with van der Waals surface area (Å²) >= 11 is 0. The Hall–Kier alpha value is -1.35. The van der Waals surface area contributed by atoms with Gasteiger partial charge in [0, 0.05) is 18.5 Å². The van der Waals surface area contributed by atoms with E-state index in [4.69, 9.17) is 5.73 Å². The number of rotatable bonds is 2. The van der Waals surface area contributed by atoms with Gasteiger partial charge in [0.25, 0.3) is 0 Å². The van der Waals surface area contributed by atoms with Crippen molar-refractivity contribution in [3.63, 3.8) is 0 Å². The second kappa shape index (κ2) is 4.34. The van der Waals surface area contributed by atoms with Gasteiger partial charge in [0.05, 0.1) is 5.54 Å². The molecule has 0 radical (unpaired) electrons. The van der Waals surface area contributed by atoms with Crippen molar-refractivity contribution < 1.29 is 4.79 Å². The van der Waals surface area contributed by atoms with Gasteiger partial charge in [0.15, 0.2) is 0 Å². The van der Waals surface area contributed by atoms with Crippen LogP contribution in [0.4, 0.5) is 0 Å². The standard InChI is InChI=1S/C16H22N2O/c1-11-5-3-4-6-14(11)13-9-12(2)18(10-13)15(19)16(17)7-8-16/h3-6,12-13H,7-10,17H2,1-2H3/t12-,13+/m1/s1. The zero-order valence-electron chi connectivity index (χ0n) is 11.7. The van der Waals surface area contributed by atoms with Crippen LogP contribution in [0.2, 0.25) is 0 Å². The van der Waals surface area contributed by atoms with Crippen molar-refractivity contribution >= 4 is 5.91 Å². The maximum absolute atomic E-state index is 12.4. The van der Waals surface area contributed by atoms with Crippen molar-refractivity contribution in [2.75, 3.05) is 6.54 Å². The van der Waals surface area contributed by atoms with E-state index in [1.54, 1.807) is 0 Å². The molecule has 0 aromatic heterocycles. The number of aryl methyl sites for hydroxylation is 1. The smallest absolute Gasteiger partial charge is 0.242 e. The minimum Gasteiger partial charge on any atom is -0.338 e. The Kier molecular flexibility index (Phi) is 2.90. The number of likely N-dealkylation sites (tertiary alicyclic amines) is 1. The number of hydrogen-bond donors (Lipinski definition) is 1. The molecule has 1 aliphatic heterocycles. The summed E-state index contributed by atoms with van der Waals surface area (Å²) in [4.78, 5) is 14.4. The van der Waals surface area contributed by atoms with E-state index >= 15 is 0 Å². The molecule has 0 unspecified atom stereocenters. The molecule has 2 atom stereocenters. The lowest BCUT2D eigenvalue weighted by Gasteiger charge is -2.24. The molecule has 0 spiro atoms. The van der Waals surface area contributed by atoms with Crippen LogP contribution in [0.25, 0.3) is 0 Å². The largest absolute Gasteiger partial charge is 0.338 e. The summed E-state index contributed by atoms with van der Waals surface area (Å²) in [5, 5.41) is 0. The summed E-state index contributed by atoms with van der Waals surface area (Å²) < 4.78 is 0. The normalized spacial score (nSPS) is 28.5. The van der Waals surface area contributed by atoms with Gasteiger partial charge in [0.1, 0.15) is 0 Å². The molecular weight excluding hydrogens is 236 g/mol. The van der Waals surface area contributed by atoms with Gasteiger partial charge < -0.3 is 10.6 Å². The summed E-state index contributed by atoms with van der Waals surface area (Å²) in [6, 6.07) is 8.80. The molecule has 19 heavy (non-hydrogen) atoms. The molecule has 2 fully saturated rings. The predicted molar refractivity (Wildman–Crippen MR) is 75.9 cm³/mol. The number of nitrogens with zero attached hydrogens (tertiary/aromatic N) is 1. The SMILES string of the molecule is Cc1ccccc1[C@H]1C[C@@H](C)N(C(=O)C2(N)CC2)C1. The number of hydrogen-bond acceptors (Lipinski definition) is 2. The average molecular weight is 258 g/mol. The van der Waals surface area contributed by atoms with Gasteiger partial charge in [-0.15, -0.1) is 0 Å². The molecule has 102 valence electrons. The molecule has 3 heteroatoms. The maximum atomic E-state index is 12.4. The molecule has 0 bridgehead atoms. The van der Waals surface area contributed by atoms with Crippen molar-refractivity contribution in [1.82, 2.24) is 4.90 Å². The molecule has 3 nitrogen and oxygen atoms in total.